The summed E-state index contributed by atoms with van der Waals surface area (Å²) >= 11 is 5.85. The third kappa shape index (κ3) is 5.32. The van der Waals surface area contributed by atoms with Gasteiger partial charge in [0.25, 0.3) is 5.91 Å². The van der Waals surface area contributed by atoms with Crippen LogP contribution in [-0.2, 0) is 6.18 Å². The normalized spacial score (nSPS) is 12.0. The third-order valence-corrected chi connectivity index (χ3v) is 3.27. The van der Waals surface area contributed by atoms with Gasteiger partial charge in [-0.25, -0.2) is 0 Å². The molecule has 5 nitrogen and oxygen atoms in total. The minimum atomic E-state index is -4.54. The van der Waals surface area contributed by atoms with Crippen LogP contribution in [-0.4, -0.2) is 21.6 Å². The monoisotopic (exact) mass is 372 g/mol. The van der Waals surface area contributed by atoms with Gasteiger partial charge in [0, 0.05) is 5.54 Å². The highest BCUT2D eigenvalue weighted by Crippen LogP contribution is 2.33. The molecule has 1 amide bonds. The van der Waals surface area contributed by atoms with Gasteiger partial charge in [-0.3, -0.25) is 4.79 Å². The molecule has 2 aromatic rings. The van der Waals surface area contributed by atoms with E-state index in [2.05, 4.69) is 20.8 Å². The highest BCUT2D eigenvalue weighted by Gasteiger charge is 2.31. The van der Waals surface area contributed by atoms with Crippen LogP contribution in [0.2, 0.25) is 5.02 Å². The first-order valence-corrected chi connectivity index (χ1v) is 7.63. The zero-order valence-corrected chi connectivity index (χ0v) is 14.5. The minimum absolute atomic E-state index is 0.0136. The van der Waals surface area contributed by atoms with Crippen molar-refractivity contribution in [1.82, 2.24) is 10.2 Å². The topological polar surface area (TPSA) is 66.9 Å². The average molecular weight is 373 g/mol. The molecule has 2 rings (SSSR count). The molecule has 0 atom stereocenters. The Morgan fingerprint density at radius 2 is 1.76 bits per heavy atom. The van der Waals surface area contributed by atoms with Crippen molar-refractivity contribution in [2.45, 2.75) is 32.5 Å². The molecule has 2 N–H and O–H groups in total. The van der Waals surface area contributed by atoms with Crippen molar-refractivity contribution in [3.8, 4) is 0 Å². The molecule has 0 aliphatic heterocycles. The molecule has 0 spiro atoms. The van der Waals surface area contributed by atoms with Gasteiger partial charge in [0.05, 0.1) is 16.3 Å². The Labute approximate surface area is 147 Å². The highest BCUT2D eigenvalue weighted by molar-refractivity contribution is 6.33. The SMILES string of the molecule is CC(C)(C)Nc1ccc(C(=O)Nc2cc(C(F)(F)F)ccc2Cl)nn1. The molecule has 9 heteroatoms. The molecule has 0 unspecified atom stereocenters. The van der Waals surface area contributed by atoms with Gasteiger partial charge in [0.1, 0.15) is 5.82 Å². The van der Waals surface area contributed by atoms with E-state index >= 15 is 0 Å². The molecule has 0 fully saturated rings. The van der Waals surface area contributed by atoms with Gasteiger partial charge < -0.3 is 10.6 Å². The van der Waals surface area contributed by atoms with E-state index in [0.717, 1.165) is 18.2 Å². The summed E-state index contributed by atoms with van der Waals surface area (Å²) in [6, 6.07) is 5.65. The van der Waals surface area contributed by atoms with E-state index < -0.39 is 17.6 Å². The number of carbonyl (C=O) groups is 1. The van der Waals surface area contributed by atoms with Gasteiger partial charge in [0.15, 0.2) is 5.69 Å². The molecule has 0 bridgehead atoms. The van der Waals surface area contributed by atoms with Gasteiger partial charge in [-0.15, -0.1) is 10.2 Å². The van der Waals surface area contributed by atoms with Crippen LogP contribution in [0.3, 0.4) is 0 Å². The number of nitrogens with one attached hydrogen (secondary N) is 2. The number of benzene rings is 1. The van der Waals surface area contributed by atoms with Crippen LogP contribution in [0.5, 0.6) is 0 Å². The van der Waals surface area contributed by atoms with Crippen molar-refractivity contribution >= 4 is 29.0 Å². The van der Waals surface area contributed by atoms with Crippen LogP contribution >= 0.6 is 11.6 Å². The molecule has 1 aromatic carbocycles. The fourth-order valence-electron chi connectivity index (χ4n) is 1.89. The first-order valence-electron chi connectivity index (χ1n) is 7.26. The number of hydrogen-bond acceptors (Lipinski definition) is 4. The number of alkyl halides is 3. The Morgan fingerprint density at radius 1 is 1.08 bits per heavy atom. The summed E-state index contributed by atoms with van der Waals surface area (Å²) in [5.74, 6) is -0.239. The number of amides is 1. The molecule has 25 heavy (non-hydrogen) atoms. The summed E-state index contributed by atoms with van der Waals surface area (Å²) in [5, 5.41) is 13.0. The summed E-state index contributed by atoms with van der Waals surface area (Å²) in [6.45, 7) is 5.81. The van der Waals surface area contributed by atoms with Gasteiger partial charge in [0.2, 0.25) is 0 Å². The van der Waals surface area contributed by atoms with Crippen molar-refractivity contribution in [3.05, 3.63) is 46.6 Å². The quantitative estimate of drug-likeness (QED) is 0.825. The third-order valence-electron chi connectivity index (χ3n) is 2.94. The largest absolute Gasteiger partial charge is 0.416 e. The van der Waals surface area contributed by atoms with E-state index in [9.17, 15) is 18.0 Å². The molecule has 0 saturated heterocycles. The van der Waals surface area contributed by atoms with Crippen LogP contribution in [0.25, 0.3) is 0 Å². The molecular weight excluding hydrogens is 357 g/mol. The van der Waals surface area contributed by atoms with Crippen molar-refractivity contribution in [2.24, 2.45) is 0 Å². The summed E-state index contributed by atoms with van der Waals surface area (Å²) < 4.78 is 38.3. The van der Waals surface area contributed by atoms with Crippen LogP contribution in [0, 0.1) is 0 Å². The fourth-order valence-corrected chi connectivity index (χ4v) is 2.05. The van der Waals surface area contributed by atoms with Gasteiger partial charge >= 0.3 is 6.18 Å². The lowest BCUT2D eigenvalue weighted by atomic mass is 10.1. The summed E-state index contributed by atoms with van der Waals surface area (Å²) in [4.78, 5) is 12.1. The Balaban J connectivity index is 2.17. The second-order valence-electron chi connectivity index (χ2n) is 6.33. The van der Waals surface area contributed by atoms with Crippen molar-refractivity contribution in [2.75, 3.05) is 10.6 Å². The van der Waals surface area contributed by atoms with E-state index in [0.29, 0.717) is 5.82 Å². The standard InChI is InChI=1S/C16H16ClF3N4O/c1-15(2,3)22-13-7-6-11(23-24-13)14(25)21-12-8-9(16(18,19)20)4-5-10(12)17/h4-8H,1-3H3,(H,21,25)(H,22,24). The van der Waals surface area contributed by atoms with E-state index in [1.165, 1.54) is 6.07 Å². The van der Waals surface area contributed by atoms with Crippen LogP contribution in [0.1, 0.15) is 36.8 Å². The van der Waals surface area contributed by atoms with Gasteiger partial charge in [-0.05, 0) is 51.1 Å². The predicted molar refractivity (Wildman–Crippen MR) is 89.8 cm³/mol. The predicted octanol–water partition coefficient (Wildman–Crippen LogP) is 4.61. The lowest BCUT2D eigenvalue weighted by Crippen LogP contribution is -2.27. The molecular formula is C16H16ClF3N4O. The van der Waals surface area contributed by atoms with E-state index in [1.807, 2.05) is 20.8 Å². The molecule has 1 heterocycles. The summed E-state index contributed by atoms with van der Waals surface area (Å²) in [7, 11) is 0. The Hall–Kier alpha value is -2.35. The van der Waals surface area contributed by atoms with Crippen molar-refractivity contribution in [3.63, 3.8) is 0 Å². The molecule has 0 radical (unpaired) electrons. The number of rotatable bonds is 3. The molecule has 134 valence electrons. The molecule has 0 saturated carbocycles. The molecule has 1 aromatic heterocycles. The first-order chi connectivity index (χ1) is 11.5. The number of aromatic nitrogens is 2. The smallest absolute Gasteiger partial charge is 0.364 e. The lowest BCUT2D eigenvalue weighted by molar-refractivity contribution is -0.137. The maximum Gasteiger partial charge on any atom is 0.416 e. The van der Waals surface area contributed by atoms with Crippen LogP contribution < -0.4 is 10.6 Å². The second-order valence-corrected chi connectivity index (χ2v) is 6.73. The van der Waals surface area contributed by atoms with Crippen molar-refractivity contribution < 1.29 is 18.0 Å². The van der Waals surface area contributed by atoms with Crippen molar-refractivity contribution in [1.29, 1.82) is 0 Å². The Bertz CT molecular complexity index is 770. The molecule has 0 aliphatic carbocycles. The van der Waals surface area contributed by atoms with E-state index in [4.69, 9.17) is 11.6 Å². The highest BCUT2D eigenvalue weighted by atomic mass is 35.5. The van der Waals surface area contributed by atoms with Crippen LogP contribution in [0.15, 0.2) is 30.3 Å². The van der Waals surface area contributed by atoms with E-state index in [-0.39, 0.29) is 21.9 Å². The Kier molecular flexibility index (Phi) is 5.22. The Morgan fingerprint density at radius 3 is 2.28 bits per heavy atom. The summed E-state index contributed by atoms with van der Waals surface area (Å²) in [5.41, 5.74) is -1.35. The van der Waals surface area contributed by atoms with E-state index in [1.54, 1.807) is 6.07 Å². The zero-order chi connectivity index (χ0) is 18.8. The van der Waals surface area contributed by atoms with Gasteiger partial charge in [-0.1, -0.05) is 11.6 Å². The first kappa shape index (κ1) is 19.0. The molecule has 0 aliphatic rings. The number of anilines is 2. The fraction of sp³-hybridized carbons (Fsp3) is 0.312. The second kappa shape index (κ2) is 6.87. The number of carbonyl (C=O) groups excluding carboxylic acids is 1. The summed E-state index contributed by atoms with van der Waals surface area (Å²) in [6.07, 6.45) is -4.54. The lowest BCUT2D eigenvalue weighted by Gasteiger charge is -2.20. The number of halogens is 4. The van der Waals surface area contributed by atoms with Crippen LogP contribution in [0.4, 0.5) is 24.7 Å². The maximum atomic E-state index is 12.8. The zero-order valence-electron chi connectivity index (χ0n) is 13.7. The minimum Gasteiger partial charge on any atom is -0.364 e. The van der Waals surface area contributed by atoms with Gasteiger partial charge in [-0.2, -0.15) is 13.2 Å². The average Bonchev–Trinajstić information content (AvgIpc) is 2.47. The number of nitrogens with zero attached hydrogens (tertiary/aromatic N) is 2. The maximum absolute atomic E-state index is 12.8. The number of hydrogen-bond donors (Lipinski definition) is 2.